The molecule has 10 nitrogen and oxygen atoms in total. The van der Waals surface area contributed by atoms with E-state index < -0.39 is 20.0 Å². The van der Waals surface area contributed by atoms with Crippen LogP contribution in [-0.4, -0.2) is 81.2 Å². The number of ether oxygens (including phenoxy) is 2. The van der Waals surface area contributed by atoms with Crippen LogP contribution in [0, 0.1) is 0 Å². The van der Waals surface area contributed by atoms with Gasteiger partial charge in [0.25, 0.3) is 11.8 Å². The number of likely N-dealkylation sites (tertiary alicyclic amines) is 1. The number of piperidine rings is 1. The number of rotatable bonds is 10. The zero-order chi connectivity index (χ0) is 29.3. The van der Waals surface area contributed by atoms with Crippen LogP contribution in [0.2, 0.25) is 25.7 Å². The normalized spacial score (nSPS) is 19.6. The van der Waals surface area contributed by atoms with Crippen LogP contribution in [0.1, 0.15) is 34.3 Å². The number of urea groups is 1. The minimum Gasteiger partial charge on any atom is -0.380 e. The Hall–Kier alpha value is -3.54. The second-order valence-corrected chi connectivity index (χ2v) is 17.6. The average Bonchev–Trinajstić information content (AvgIpc) is 3.47. The minimum atomic E-state index is -1.30. The second-order valence-electron chi connectivity index (χ2n) is 12.0. The summed E-state index contributed by atoms with van der Waals surface area (Å²) in [5.74, 6) is -0.893. The fourth-order valence-corrected chi connectivity index (χ4v) is 6.28. The van der Waals surface area contributed by atoms with Gasteiger partial charge in [0.1, 0.15) is 12.8 Å². The predicted octanol–water partition coefficient (Wildman–Crippen LogP) is 4.07. The van der Waals surface area contributed by atoms with Gasteiger partial charge in [0.2, 0.25) is 5.91 Å². The van der Waals surface area contributed by atoms with Gasteiger partial charge in [0, 0.05) is 64.8 Å². The Morgan fingerprint density at radius 2 is 1.68 bits per heavy atom. The van der Waals surface area contributed by atoms with Gasteiger partial charge in [-0.2, -0.15) is 0 Å². The summed E-state index contributed by atoms with van der Waals surface area (Å²) in [6, 6.07) is 13.2. The van der Waals surface area contributed by atoms with Gasteiger partial charge < -0.3 is 14.4 Å². The molecular formula is C30H38N4O6Si. The van der Waals surface area contributed by atoms with Gasteiger partial charge in [-0.3, -0.25) is 29.1 Å². The van der Waals surface area contributed by atoms with Crippen molar-refractivity contribution in [1.82, 2.24) is 9.80 Å². The van der Waals surface area contributed by atoms with E-state index in [2.05, 4.69) is 19.6 Å². The lowest BCUT2D eigenvalue weighted by Crippen LogP contribution is -2.55. The molecule has 11 heteroatoms. The molecule has 1 unspecified atom stereocenters. The highest BCUT2D eigenvalue weighted by molar-refractivity contribution is 6.76. The fraction of sp³-hybridized carbons (Fsp3) is 0.467. The predicted molar refractivity (Wildman–Crippen MR) is 157 cm³/mol. The lowest BCUT2D eigenvalue weighted by atomic mass is 10.0. The first-order valence-electron chi connectivity index (χ1n) is 14.1. The molecule has 3 aliphatic heterocycles. The van der Waals surface area contributed by atoms with Crippen molar-refractivity contribution in [2.75, 3.05) is 43.3 Å². The van der Waals surface area contributed by atoms with Crippen molar-refractivity contribution in [3.8, 4) is 0 Å². The number of amides is 5. The van der Waals surface area contributed by atoms with E-state index in [0.717, 1.165) is 27.8 Å². The molecule has 0 aromatic heterocycles. The monoisotopic (exact) mass is 578 g/mol. The average molecular weight is 579 g/mol. The Morgan fingerprint density at radius 1 is 0.951 bits per heavy atom. The Morgan fingerprint density at radius 3 is 2.39 bits per heavy atom. The Labute approximate surface area is 241 Å². The first-order valence-corrected chi connectivity index (χ1v) is 17.8. The molecule has 2 fully saturated rings. The molecule has 0 N–H and O–H groups in total. The van der Waals surface area contributed by atoms with Gasteiger partial charge in [0.15, 0.2) is 0 Å². The number of methoxy groups -OCH3 is 1. The van der Waals surface area contributed by atoms with Gasteiger partial charge in [-0.1, -0.05) is 31.8 Å². The van der Waals surface area contributed by atoms with Crippen molar-refractivity contribution >= 4 is 43.2 Å². The summed E-state index contributed by atoms with van der Waals surface area (Å²) < 4.78 is 10.9. The number of nitrogens with zero attached hydrogens (tertiary/aromatic N) is 4. The number of hydrogen-bond donors (Lipinski definition) is 0. The summed E-state index contributed by atoms with van der Waals surface area (Å²) in [4.78, 5) is 58.8. The number of carbonyl (C=O) groups is 4. The van der Waals surface area contributed by atoms with E-state index >= 15 is 0 Å². The highest BCUT2D eigenvalue weighted by Gasteiger charge is 2.43. The fourth-order valence-electron chi connectivity index (χ4n) is 5.53. The summed E-state index contributed by atoms with van der Waals surface area (Å²) in [5.41, 5.74) is 3.80. The van der Waals surface area contributed by atoms with E-state index in [1.807, 2.05) is 30.3 Å². The SMILES string of the molecule is COCc1cccc(N2CCN(c3ccc4c(c3)CN(C3CCC(=O)N(COCC[Si](C)(C)C)C3=O)C4=O)C2=O)c1. The molecular weight excluding hydrogens is 540 g/mol. The van der Waals surface area contributed by atoms with Crippen LogP contribution in [0.5, 0.6) is 0 Å². The van der Waals surface area contributed by atoms with Crippen molar-refractivity contribution in [3.05, 3.63) is 59.2 Å². The molecule has 218 valence electrons. The van der Waals surface area contributed by atoms with E-state index in [-0.39, 0.29) is 44.0 Å². The van der Waals surface area contributed by atoms with E-state index in [0.29, 0.717) is 37.6 Å². The maximum Gasteiger partial charge on any atom is 0.329 e. The third-order valence-electron chi connectivity index (χ3n) is 7.85. The topological polar surface area (TPSA) is 99.7 Å². The number of carbonyl (C=O) groups excluding carboxylic acids is 4. The molecule has 0 spiro atoms. The maximum atomic E-state index is 13.4. The smallest absolute Gasteiger partial charge is 0.329 e. The standard InChI is InChI=1S/C30H38N4O6Si/c1-39-19-21-6-5-7-23(16-21)31-12-13-32(30(31)38)24-8-9-25-22(17-24)18-33(28(25)36)26-10-11-27(35)34(29(26)37)20-40-14-15-41(2,3)4/h5-9,16-17,26H,10-15,18-20H2,1-4H3. The van der Waals surface area contributed by atoms with Crippen LogP contribution >= 0.6 is 0 Å². The molecule has 2 saturated heterocycles. The van der Waals surface area contributed by atoms with Gasteiger partial charge in [-0.25, -0.2) is 4.79 Å². The van der Waals surface area contributed by atoms with E-state index in [9.17, 15) is 19.2 Å². The second kappa shape index (κ2) is 11.7. The first kappa shape index (κ1) is 29.0. The van der Waals surface area contributed by atoms with Crippen LogP contribution in [0.3, 0.4) is 0 Å². The number of fused-ring (bicyclic) bond motifs is 1. The summed E-state index contributed by atoms with van der Waals surface area (Å²) >= 11 is 0. The van der Waals surface area contributed by atoms with Crippen molar-refractivity contribution in [2.24, 2.45) is 0 Å². The number of benzene rings is 2. The molecule has 2 aromatic rings. The largest absolute Gasteiger partial charge is 0.380 e. The minimum absolute atomic E-state index is 0.0836. The molecule has 0 radical (unpaired) electrons. The zero-order valence-corrected chi connectivity index (χ0v) is 25.2. The van der Waals surface area contributed by atoms with Gasteiger partial charge in [-0.05, 0) is 53.9 Å². The lowest BCUT2D eigenvalue weighted by molar-refractivity contribution is -0.158. The lowest BCUT2D eigenvalue weighted by Gasteiger charge is -2.35. The summed E-state index contributed by atoms with van der Waals surface area (Å²) in [6.45, 7) is 8.91. The molecule has 0 saturated carbocycles. The maximum absolute atomic E-state index is 13.4. The third kappa shape index (κ3) is 6.07. The Bertz CT molecular complexity index is 1360. The molecule has 3 heterocycles. The van der Waals surface area contributed by atoms with Gasteiger partial charge >= 0.3 is 6.03 Å². The van der Waals surface area contributed by atoms with Gasteiger partial charge in [-0.15, -0.1) is 0 Å². The number of imide groups is 1. The molecule has 3 aliphatic rings. The highest BCUT2D eigenvalue weighted by Crippen LogP contribution is 2.33. The zero-order valence-electron chi connectivity index (χ0n) is 24.2. The van der Waals surface area contributed by atoms with Crippen LogP contribution in [0.25, 0.3) is 0 Å². The number of anilines is 2. The van der Waals surface area contributed by atoms with Crippen LogP contribution < -0.4 is 9.80 Å². The van der Waals surface area contributed by atoms with Crippen LogP contribution in [0.4, 0.5) is 16.2 Å². The molecule has 0 bridgehead atoms. The molecule has 5 amide bonds. The molecule has 1 atom stereocenters. The molecule has 0 aliphatic carbocycles. The highest BCUT2D eigenvalue weighted by atomic mass is 28.3. The van der Waals surface area contributed by atoms with Crippen molar-refractivity contribution in [1.29, 1.82) is 0 Å². The summed E-state index contributed by atoms with van der Waals surface area (Å²) in [6.07, 6.45) is 0.472. The third-order valence-corrected chi connectivity index (χ3v) is 9.56. The Kier molecular flexibility index (Phi) is 8.30. The summed E-state index contributed by atoms with van der Waals surface area (Å²) in [7, 11) is 0.337. The van der Waals surface area contributed by atoms with E-state index in [1.54, 1.807) is 33.9 Å². The van der Waals surface area contributed by atoms with Crippen molar-refractivity contribution in [3.63, 3.8) is 0 Å². The molecule has 5 rings (SSSR count). The quantitative estimate of drug-likeness (QED) is 0.240. The Balaban J connectivity index is 1.26. The molecule has 2 aromatic carbocycles. The van der Waals surface area contributed by atoms with Crippen LogP contribution in [-0.2, 0) is 32.2 Å². The van der Waals surface area contributed by atoms with Crippen LogP contribution in [0.15, 0.2) is 42.5 Å². The summed E-state index contributed by atoms with van der Waals surface area (Å²) in [5, 5.41) is 0. The first-order chi connectivity index (χ1) is 19.6. The van der Waals surface area contributed by atoms with Gasteiger partial charge in [0.05, 0.1) is 6.61 Å². The number of hydrogen-bond acceptors (Lipinski definition) is 6. The van der Waals surface area contributed by atoms with E-state index in [4.69, 9.17) is 9.47 Å². The van der Waals surface area contributed by atoms with E-state index in [1.165, 1.54) is 0 Å². The molecule has 41 heavy (non-hydrogen) atoms. The van der Waals surface area contributed by atoms with Crippen molar-refractivity contribution < 1.29 is 28.7 Å². The van der Waals surface area contributed by atoms with Crippen molar-refractivity contribution in [2.45, 2.75) is 57.7 Å².